The van der Waals surface area contributed by atoms with E-state index in [1.165, 1.54) is 47.5 Å². The molecule has 192 valence electrons. The van der Waals surface area contributed by atoms with Gasteiger partial charge in [-0.25, -0.2) is 4.98 Å². The molecule has 0 bridgehead atoms. The number of benzene rings is 6. The van der Waals surface area contributed by atoms with Gasteiger partial charge in [-0.15, -0.1) is 11.3 Å². The summed E-state index contributed by atoms with van der Waals surface area (Å²) in [6.45, 7) is 0. The SMILES string of the molecule is c1ccc2c(c1)sc1ccc3oc(-c4ccc(-c5ccc(-n6c7ccccc7c7ccccc76)cc5)cc4)nc3c12. The van der Waals surface area contributed by atoms with Crippen molar-refractivity contribution < 1.29 is 4.42 Å². The van der Waals surface area contributed by atoms with Crippen LogP contribution in [0, 0.1) is 0 Å². The highest BCUT2D eigenvalue weighted by Gasteiger charge is 2.15. The van der Waals surface area contributed by atoms with Gasteiger partial charge in [0.25, 0.3) is 0 Å². The molecule has 9 rings (SSSR count). The summed E-state index contributed by atoms with van der Waals surface area (Å²) >= 11 is 1.80. The highest BCUT2D eigenvalue weighted by Crippen LogP contribution is 2.39. The van der Waals surface area contributed by atoms with Crippen LogP contribution in [0.4, 0.5) is 0 Å². The van der Waals surface area contributed by atoms with Gasteiger partial charge in [0.2, 0.25) is 5.89 Å². The van der Waals surface area contributed by atoms with E-state index in [1.54, 1.807) is 11.3 Å². The Morgan fingerprint density at radius 1 is 0.512 bits per heavy atom. The maximum atomic E-state index is 6.24. The van der Waals surface area contributed by atoms with Crippen LogP contribution in [0.2, 0.25) is 0 Å². The van der Waals surface area contributed by atoms with Gasteiger partial charge in [-0.3, -0.25) is 0 Å². The molecule has 0 N–H and O–H groups in total. The molecule has 0 radical (unpaired) electrons. The molecule has 0 amide bonds. The molecule has 3 heterocycles. The molecule has 6 aromatic carbocycles. The Kier molecular flexibility index (Phi) is 4.77. The van der Waals surface area contributed by atoms with Crippen LogP contribution < -0.4 is 0 Å². The van der Waals surface area contributed by atoms with Crippen LogP contribution >= 0.6 is 11.3 Å². The minimum absolute atomic E-state index is 0.649. The molecular formula is C37H22N2OS. The number of para-hydroxylation sites is 2. The van der Waals surface area contributed by atoms with Crippen molar-refractivity contribution in [2.75, 3.05) is 0 Å². The Bertz CT molecular complexity index is 2350. The maximum Gasteiger partial charge on any atom is 0.227 e. The minimum Gasteiger partial charge on any atom is -0.436 e. The number of fused-ring (bicyclic) bond motifs is 8. The zero-order chi connectivity index (χ0) is 26.9. The quantitative estimate of drug-likeness (QED) is 0.222. The minimum atomic E-state index is 0.649. The summed E-state index contributed by atoms with van der Waals surface area (Å²) in [6, 6.07) is 47.2. The van der Waals surface area contributed by atoms with E-state index >= 15 is 0 Å². The lowest BCUT2D eigenvalue weighted by atomic mass is 10.0. The molecule has 0 atom stereocenters. The lowest BCUT2D eigenvalue weighted by Gasteiger charge is -2.09. The Morgan fingerprint density at radius 3 is 1.80 bits per heavy atom. The maximum absolute atomic E-state index is 6.24. The summed E-state index contributed by atoms with van der Waals surface area (Å²) in [4.78, 5) is 4.96. The topological polar surface area (TPSA) is 31.0 Å². The van der Waals surface area contributed by atoms with Crippen molar-refractivity contribution in [3.05, 3.63) is 133 Å². The van der Waals surface area contributed by atoms with Crippen LogP contribution in [0.25, 0.3) is 81.3 Å². The number of aromatic nitrogens is 2. The molecule has 0 aliphatic heterocycles. The second kappa shape index (κ2) is 8.65. The van der Waals surface area contributed by atoms with Gasteiger partial charge in [0, 0.05) is 42.2 Å². The fraction of sp³-hybridized carbons (Fsp3) is 0. The first-order valence-corrected chi connectivity index (χ1v) is 14.5. The summed E-state index contributed by atoms with van der Waals surface area (Å²) < 4.78 is 11.1. The summed E-state index contributed by atoms with van der Waals surface area (Å²) in [7, 11) is 0. The zero-order valence-electron chi connectivity index (χ0n) is 21.9. The standard InChI is InChI=1S/C37H22N2OS/c1-4-10-30-27(7-1)28-8-2-5-11-31(28)39(30)26-19-17-24(18-20-26)23-13-15-25(16-14-23)37-38-36-32(40-37)21-22-34-35(36)29-9-3-6-12-33(29)41-34/h1-22H. The number of nitrogens with zero attached hydrogens (tertiary/aromatic N) is 2. The van der Waals surface area contributed by atoms with Crippen molar-refractivity contribution in [3.8, 4) is 28.3 Å². The van der Waals surface area contributed by atoms with Crippen LogP contribution in [0.5, 0.6) is 0 Å². The van der Waals surface area contributed by atoms with E-state index in [0.29, 0.717) is 5.89 Å². The van der Waals surface area contributed by atoms with Gasteiger partial charge < -0.3 is 8.98 Å². The number of rotatable bonds is 3. The molecule has 0 aliphatic rings. The first kappa shape index (κ1) is 22.6. The molecule has 0 aliphatic carbocycles. The van der Waals surface area contributed by atoms with E-state index in [4.69, 9.17) is 9.40 Å². The second-order valence-corrected chi connectivity index (χ2v) is 11.5. The van der Waals surface area contributed by atoms with Crippen LogP contribution in [0.3, 0.4) is 0 Å². The third-order valence-corrected chi connectivity index (χ3v) is 9.21. The molecule has 41 heavy (non-hydrogen) atoms. The molecule has 0 saturated carbocycles. The summed E-state index contributed by atoms with van der Waals surface area (Å²) in [5, 5.41) is 4.96. The number of hydrogen-bond donors (Lipinski definition) is 0. The predicted octanol–water partition coefficient (Wildman–Crippen LogP) is 10.6. The predicted molar refractivity (Wildman–Crippen MR) is 172 cm³/mol. The Labute approximate surface area is 239 Å². The summed E-state index contributed by atoms with van der Waals surface area (Å²) in [5.41, 5.74) is 8.64. The van der Waals surface area contributed by atoms with E-state index < -0.39 is 0 Å². The molecule has 0 spiro atoms. The number of hydrogen-bond acceptors (Lipinski definition) is 3. The lowest BCUT2D eigenvalue weighted by molar-refractivity contribution is 0.620. The lowest BCUT2D eigenvalue weighted by Crippen LogP contribution is -1.93. The van der Waals surface area contributed by atoms with Gasteiger partial charge in [0.15, 0.2) is 5.58 Å². The second-order valence-electron chi connectivity index (χ2n) is 10.4. The van der Waals surface area contributed by atoms with Crippen molar-refractivity contribution in [1.29, 1.82) is 0 Å². The van der Waals surface area contributed by atoms with E-state index in [-0.39, 0.29) is 0 Å². The smallest absolute Gasteiger partial charge is 0.227 e. The van der Waals surface area contributed by atoms with E-state index in [1.807, 2.05) is 6.07 Å². The van der Waals surface area contributed by atoms with Crippen LogP contribution in [0.15, 0.2) is 138 Å². The number of oxazole rings is 1. The van der Waals surface area contributed by atoms with Crippen molar-refractivity contribution in [1.82, 2.24) is 9.55 Å². The van der Waals surface area contributed by atoms with E-state index in [9.17, 15) is 0 Å². The highest BCUT2D eigenvalue weighted by atomic mass is 32.1. The van der Waals surface area contributed by atoms with Crippen LogP contribution in [-0.4, -0.2) is 9.55 Å². The van der Waals surface area contributed by atoms with Crippen molar-refractivity contribution >= 4 is 64.4 Å². The molecule has 3 nitrogen and oxygen atoms in total. The average Bonchev–Trinajstić information content (AvgIpc) is 3.73. The first-order chi connectivity index (χ1) is 20.3. The van der Waals surface area contributed by atoms with Gasteiger partial charge in [-0.1, -0.05) is 78.9 Å². The molecule has 0 unspecified atom stereocenters. The van der Waals surface area contributed by atoms with Crippen LogP contribution in [-0.2, 0) is 0 Å². The summed E-state index contributed by atoms with van der Waals surface area (Å²) in [6.07, 6.45) is 0. The van der Waals surface area contributed by atoms with Gasteiger partial charge >= 0.3 is 0 Å². The molecule has 0 saturated heterocycles. The molecule has 3 aromatic heterocycles. The Morgan fingerprint density at radius 2 is 1.10 bits per heavy atom. The monoisotopic (exact) mass is 542 g/mol. The van der Waals surface area contributed by atoms with Gasteiger partial charge in [-0.2, -0.15) is 0 Å². The fourth-order valence-electron chi connectivity index (χ4n) is 6.13. The Hall–Kier alpha value is -5.19. The van der Waals surface area contributed by atoms with Crippen molar-refractivity contribution in [3.63, 3.8) is 0 Å². The average molecular weight is 543 g/mol. The van der Waals surface area contributed by atoms with Gasteiger partial charge in [0.05, 0.1) is 11.0 Å². The molecule has 4 heteroatoms. The molecule has 9 aromatic rings. The fourth-order valence-corrected chi connectivity index (χ4v) is 7.24. The van der Waals surface area contributed by atoms with Crippen molar-refractivity contribution in [2.24, 2.45) is 0 Å². The largest absolute Gasteiger partial charge is 0.436 e. The third-order valence-electron chi connectivity index (χ3n) is 8.07. The Balaban J connectivity index is 1.08. The summed E-state index contributed by atoms with van der Waals surface area (Å²) in [5.74, 6) is 0.649. The van der Waals surface area contributed by atoms with E-state index in [2.05, 4.69) is 132 Å². The van der Waals surface area contributed by atoms with Crippen molar-refractivity contribution in [2.45, 2.75) is 0 Å². The van der Waals surface area contributed by atoms with Gasteiger partial charge in [0.1, 0.15) is 5.52 Å². The van der Waals surface area contributed by atoms with Gasteiger partial charge in [-0.05, 0) is 65.7 Å². The van der Waals surface area contributed by atoms with E-state index in [0.717, 1.165) is 27.9 Å². The molecular weight excluding hydrogens is 520 g/mol. The molecule has 0 fully saturated rings. The number of thiophene rings is 1. The first-order valence-electron chi connectivity index (χ1n) is 13.7. The highest BCUT2D eigenvalue weighted by molar-refractivity contribution is 7.26. The zero-order valence-corrected chi connectivity index (χ0v) is 22.7. The van der Waals surface area contributed by atoms with Crippen LogP contribution in [0.1, 0.15) is 0 Å². The third kappa shape index (κ3) is 3.41. The normalized spacial score (nSPS) is 11.9.